The number of hydrogen-bond acceptors (Lipinski definition) is 3. The summed E-state index contributed by atoms with van der Waals surface area (Å²) in [6.07, 6.45) is 1.78. The molecule has 14 heavy (non-hydrogen) atoms. The van der Waals surface area contributed by atoms with E-state index >= 15 is 0 Å². The molecule has 0 aromatic rings. The molecule has 0 atom stereocenters. The van der Waals surface area contributed by atoms with Crippen molar-refractivity contribution < 1.29 is 15.0 Å². The molecule has 0 aliphatic carbocycles. The summed E-state index contributed by atoms with van der Waals surface area (Å²) in [6, 6.07) is 0. The fraction of sp³-hybridized carbons (Fsp3) is 0.900. The van der Waals surface area contributed by atoms with Crippen LogP contribution in [0.2, 0.25) is 0 Å². The first-order valence-electron chi connectivity index (χ1n) is 4.94. The zero-order chi connectivity index (χ0) is 11.2. The molecule has 84 valence electrons. The fourth-order valence-electron chi connectivity index (χ4n) is 0.999. The number of nitrogens with zero attached hydrogens (tertiary/aromatic N) is 1. The Balaban J connectivity index is 3.99. The molecule has 0 aromatic carbocycles. The molecule has 0 unspecified atom stereocenters. The lowest BCUT2D eigenvalue weighted by atomic mass is 10.0. The first kappa shape index (κ1) is 13.4. The number of aliphatic hydroxyl groups is 2. The van der Waals surface area contributed by atoms with Crippen molar-refractivity contribution >= 4 is 5.91 Å². The molecule has 0 radical (unpaired) electrons. The van der Waals surface area contributed by atoms with Crippen LogP contribution in [0.25, 0.3) is 0 Å². The van der Waals surface area contributed by atoms with Crippen molar-refractivity contribution in [3.63, 3.8) is 0 Å². The summed E-state index contributed by atoms with van der Waals surface area (Å²) in [7, 11) is 1.69. The lowest BCUT2D eigenvalue weighted by Crippen LogP contribution is -2.47. The van der Waals surface area contributed by atoms with Crippen LogP contribution in [0.4, 0.5) is 0 Å². The summed E-state index contributed by atoms with van der Waals surface area (Å²) in [5, 5.41) is 17.6. The molecule has 2 N–H and O–H groups in total. The van der Waals surface area contributed by atoms with E-state index in [1.807, 2.05) is 13.8 Å². The first-order chi connectivity index (χ1) is 6.45. The predicted molar refractivity (Wildman–Crippen MR) is 54.9 cm³/mol. The molecule has 0 aliphatic heterocycles. The summed E-state index contributed by atoms with van der Waals surface area (Å²) in [4.78, 5) is 13.1. The molecule has 0 saturated heterocycles. The Hall–Kier alpha value is -0.610. The Morgan fingerprint density at radius 1 is 1.29 bits per heavy atom. The van der Waals surface area contributed by atoms with E-state index in [1.165, 1.54) is 0 Å². The molecule has 0 bridgehead atoms. The number of likely N-dealkylation sites (N-methyl/N-ethyl adjacent to an activating group) is 1. The van der Waals surface area contributed by atoms with Gasteiger partial charge in [0, 0.05) is 20.1 Å². The van der Waals surface area contributed by atoms with Crippen LogP contribution in [-0.2, 0) is 4.79 Å². The third-order valence-corrected chi connectivity index (χ3v) is 2.47. The molecule has 4 heteroatoms. The van der Waals surface area contributed by atoms with Gasteiger partial charge >= 0.3 is 0 Å². The molecule has 0 fully saturated rings. The van der Waals surface area contributed by atoms with Gasteiger partial charge in [-0.3, -0.25) is 4.79 Å². The second kappa shape index (κ2) is 5.98. The fourth-order valence-corrected chi connectivity index (χ4v) is 0.999. The number of carbonyl (C=O) groups excluding carboxylic acids is 1. The number of amides is 1. The van der Waals surface area contributed by atoms with E-state index in [4.69, 9.17) is 10.2 Å². The van der Waals surface area contributed by atoms with Crippen LogP contribution in [0.5, 0.6) is 0 Å². The quantitative estimate of drug-likeness (QED) is 0.613. The Labute approximate surface area is 85.5 Å². The van der Waals surface area contributed by atoms with E-state index in [1.54, 1.807) is 11.9 Å². The third kappa shape index (κ3) is 4.07. The van der Waals surface area contributed by atoms with Crippen molar-refractivity contribution in [2.75, 3.05) is 20.3 Å². The average molecular weight is 203 g/mol. The van der Waals surface area contributed by atoms with Crippen molar-refractivity contribution in [1.82, 2.24) is 4.90 Å². The minimum atomic E-state index is -0.504. The lowest BCUT2D eigenvalue weighted by Gasteiger charge is -2.34. The van der Waals surface area contributed by atoms with Gasteiger partial charge in [-0.1, -0.05) is 0 Å². The van der Waals surface area contributed by atoms with Gasteiger partial charge in [0.1, 0.15) is 0 Å². The summed E-state index contributed by atoms with van der Waals surface area (Å²) < 4.78 is 0. The summed E-state index contributed by atoms with van der Waals surface area (Å²) in [5.41, 5.74) is -0.504. The Bertz CT molecular complexity index is 180. The number of unbranched alkanes of at least 4 members (excludes halogenated alkanes) is 1. The zero-order valence-electron chi connectivity index (χ0n) is 9.29. The van der Waals surface area contributed by atoms with Crippen LogP contribution in [0, 0.1) is 0 Å². The summed E-state index contributed by atoms with van der Waals surface area (Å²) in [6.45, 7) is 3.71. The van der Waals surface area contributed by atoms with E-state index < -0.39 is 5.54 Å². The van der Waals surface area contributed by atoms with E-state index in [2.05, 4.69) is 0 Å². The summed E-state index contributed by atoms with van der Waals surface area (Å²) >= 11 is 0. The largest absolute Gasteiger partial charge is 0.396 e. The van der Waals surface area contributed by atoms with E-state index in [9.17, 15) is 4.79 Å². The highest BCUT2D eigenvalue weighted by Gasteiger charge is 2.25. The molecule has 0 heterocycles. The highest BCUT2D eigenvalue weighted by molar-refractivity contribution is 5.76. The highest BCUT2D eigenvalue weighted by Crippen LogP contribution is 2.13. The van der Waals surface area contributed by atoms with Gasteiger partial charge < -0.3 is 15.1 Å². The minimum Gasteiger partial charge on any atom is -0.396 e. The monoisotopic (exact) mass is 203 g/mol. The Kier molecular flexibility index (Phi) is 5.72. The van der Waals surface area contributed by atoms with E-state index in [0.29, 0.717) is 19.3 Å². The maximum atomic E-state index is 11.6. The van der Waals surface area contributed by atoms with Gasteiger partial charge in [-0.2, -0.15) is 0 Å². The van der Waals surface area contributed by atoms with Gasteiger partial charge in [0.2, 0.25) is 5.91 Å². The number of carbonyl (C=O) groups is 1. The Morgan fingerprint density at radius 2 is 1.86 bits per heavy atom. The average Bonchev–Trinajstić information content (AvgIpc) is 2.17. The van der Waals surface area contributed by atoms with Crippen molar-refractivity contribution in [3.8, 4) is 0 Å². The SMILES string of the molecule is CN(C(=O)CCCCO)C(C)(C)CO. The van der Waals surface area contributed by atoms with Crippen molar-refractivity contribution in [2.24, 2.45) is 0 Å². The standard InChI is InChI=1S/C10H21NO3/c1-10(2,8-13)11(3)9(14)6-4-5-7-12/h12-13H,4-8H2,1-3H3. The van der Waals surface area contributed by atoms with Crippen LogP contribution in [0.1, 0.15) is 33.1 Å². The van der Waals surface area contributed by atoms with E-state index in [-0.39, 0.29) is 19.1 Å². The van der Waals surface area contributed by atoms with Gasteiger partial charge in [0.05, 0.1) is 12.1 Å². The van der Waals surface area contributed by atoms with Gasteiger partial charge in [-0.25, -0.2) is 0 Å². The molecule has 0 aromatic heterocycles. The van der Waals surface area contributed by atoms with Crippen LogP contribution in [0.3, 0.4) is 0 Å². The molecular formula is C10H21NO3. The van der Waals surface area contributed by atoms with Gasteiger partial charge in [-0.15, -0.1) is 0 Å². The van der Waals surface area contributed by atoms with Gasteiger partial charge in [0.25, 0.3) is 0 Å². The molecule has 0 aliphatic rings. The topological polar surface area (TPSA) is 60.8 Å². The van der Waals surface area contributed by atoms with Crippen molar-refractivity contribution in [2.45, 2.75) is 38.6 Å². The smallest absolute Gasteiger partial charge is 0.222 e. The number of hydrogen-bond donors (Lipinski definition) is 2. The van der Waals surface area contributed by atoms with Crippen molar-refractivity contribution in [3.05, 3.63) is 0 Å². The van der Waals surface area contributed by atoms with Crippen LogP contribution in [0.15, 0.2) is 0 Å². The Morgan fingerprint density at radius 3 is 2.29 bits per heavy atom. The number of rotatable bonds is 6. The third-order valence-electron chi connectivity index (χ3n) is 2.47. The molecule has 0 rings (SSSR count). The predicted octanol–water partition coefficient (Wildman–Crippen LogP) is 0.378. The second-order valence-corrected chi connectivity index (χ2v) is 4.10. The van der Waals surface area contributed by atoms with Crippen LogP contribution >= 0.6 is 0 Å². The maximum Gasteiger partial charge on any atom is 0.222 e. The van der Waals surface area contributed by atoms with Crippen molar-refractivity contribution in [1.29, 1.82) is 0 Å². The normalized spacial score (nSPS) is 11.5. The molecular weight excluding hydrogens is 182 g/mol. The molecule has 4 nitrogen and oxygen atoms in total. The summed E-state index contributed by atoms with van der Waals surface area (Å²) in [5.74, 6) is 0.0116. The van der Waals surface area contributed by atoms with E-state index in [0.717, 1.165) is 0 Å². The molecule has 0 saturated carbocycles. The van der Waals surface area contributed by atoms with Crippen LogP contribution < -0.4 is 0 Å². The molecule has 0 spiro atoms. The molecule has 1 amide bonds. The number of aliphatic hydroxyl groups excluding tert-OH is 2. The maximum absolute atomic E-state index is 11.6. The van der Waals surface area contributed by atoms with Gasteiger partial charge in [-0.05, 0) is 26.7 Å². The van der Waals surface area contributed by atoms with Gasteiger partial charge in [0.15, 0.2) is 0 Å². The van der Waals surface area contributed by atoms with Crippen LogP contribution in [-0.4, -0.2) is 46.8 Å². The second-order valence-electron chi connectivity index (χ2n) is 4.10. The highest BCUT2D eigenvalue weighted by atomic mass is 16.3. The lowest BCUT2D eigenvalue weighted by molar-refractivity contribution is -0.136. The first-order valence-corrected chi connectivity index (χ1v) is 4.94. The minimum absolute atomic E-state index is 0.0116. The zero-order valence-corrected chi connectivity index (χ0v) is 9.29.